The van der Waals surface area contributed by atoms with E-state index in [1.54, 1.807) is 0 Å². The third-order valence-corrected chi connectivity index (χ3v) is 3.86. The second kappa shape index (κ2) is 5.74. The monoisotopic (exact) mass is 254 g/mol. The predicted molar refractivity (Wildman–Crippen MR) is 76.2 cm³/mol. The van der Waals surface area contributed by atoms with Gasteiger partial charge in [-0.2, -0.15) is 0 Å². The largest absolute Gasteiger partial charge is 0.398 e. The summed E-state index contributed by atoms with van der Waals surface area (Å²) in [6.45, 7) is 10.9. The van der Waals surface area contributed by atoms with Gasteiger partial charge in [0, 0.05) is 13.1 Å². The minimum atomic E-state index is 0.303. The summed E-state index contributed by atoms with van der Waals surface area (Å²) in [7, 11) is 0. The molecule has 0 fully saturated rings. The third kappa shape index (κ3) is 4.21. The molecule has 0 radical (unpaired) electrons. The Bertz CT molecular complexity index is 372. The van der Waals surface area contributed by atoms with Crippen LogP contribution in [0.25, 0.3) is 0 Å². The highest BCUT2D eigenvalue weighted by Gasteiger charge is 2.21. The van der Waals surface area contributed by atoms with E-state index >= 15 is 0 Å². The minimum absolute atomic E-state index is 0.303. The molecule has 1 rings (SSSR count). The number of nitrogens with two attached hydrogens (primary N) is 1. The van der Waals surface area contributed by atoms with Crippen LogP contribution < -0.4 is 11.1 Å². The first-order valence-electron chi connectivity index (χ1n) is 6.07. The van der Waals surface area contributed by atoms with Crippen LogP contribution in [0.15, 0.2) is 18.2 Å². The number of nitrogen functional groups attached to an aromatic ring is 1. The predicted octanol–water partition coefficient (Wildman–Crippen LogP) is 3.69. The minimum Gasteiger partial charge on any atom is -0.398 e. The van der Waals surface area contributed by atoms with Crippen molar-refractivity contribution in [1.29, 1.82) is 0 Å². The van der Waals surface area contributed by atoms with Crippen LogP contribution in [0.2, 0.25) is 5.02 Å². The highest BCUT2D eigenvalue weighted by molar-refractivity contribution is 6.33. The Morgan fingerprint density at radius 1 is 1.35 bits per heavy atom. The molecule has 3 heteroatoms. The van der Waals surface area contributed by atoms with Crippen LogP contribution in [0.4, 0.5) is 5.69 Å². The quantitative estimate of drug-likeness (QED) is 0.787. The van der Waals surface area contributed by atoms with Crippen LogP contribution in [0.5, 0.6) is 0 Å². The number of hydrogen-bond donors (Lipinski definition) is 2. The van der Waals surface area contributed by atoms with Gasteiger partial charge in [-0.25, -0.2) is 0 Å². The first kappa shape index (κ1) is 14.3. The molecule has 0 atom stereocenters. The number of nitrogens with one attached hydrogen (secondary N) is 1. The Hall–Kier alpha value is -0.730. The summed E-state index contributed by atoms with van der Waals surface area (Å²) in [6, 6.07) is 5.79. The Labute approximate surface area is 110 Å². The summed E-state index contributed by atoms with van der Waals surface area (Å²) in [5.74, 6) is 0.657. The van der Waals surface area contributed by atoms with Gasteiger partial charge in [0.25, 0.3) is 0 Å². The summed E-state index contributed by atoms with van der Waals surface area (Å²) in [6.07, 6.45) is 0. The second-order valence-electron chi connectivity index (χ2n) is 5.60. The van der Waals surface area contributed by atoms with Gasteiger partial charge < -0.3 is 11.1 Å². The zero-order valence-corrected chi connectivity index (χ0v) is 11.9. The normalized spacial score (nSPS) is 12.1. The van der Waals surface area contributed by atoms with Gasteiger partial charge in [0.05, 0.1) is 10.7 Å². The van der Waals surface area contributed by atoms with Crippen molar-refractivity contribution in [2.75, 3.05) is 12.3 Å². The van der Waals surface area contributed by atoms with Crippen LogP contribution in [0, 0.1) is 11.3 Å². The lowest BCUT2D eigenvalue weighted by Gasteiger charge is -2.29. The van der Waals surface area contributed by atoms with Crippen LogP contribution >= 0.6 is 11.6 Å². The summed E-state index contributed by atoms with van der Waals surface area (Å²) in [5.41, 5.74) is 7.78. The standard InChI is InChI=1S/C14H23ClN2/c1-10(2)14(3,4)9-17-8-11-5-6-13(16)12(15)7-11/h5-7,10,17H,8-9,16H2,1-4H3. The van der Waals surface area contributed by atoms with Gasteiger partial charge >= 0.3 is 0 Å². The molecular formula is C14H23ClN2. The molecule has 0 saturated carbocycles. The Balaban J connectivity index is 2.49. The van der Waals surface area contributed by atoms with Crippen molar-refractivity contribution in [1.82, 2.24) is 5.32 Å². The molecule has 0 aliphatic heterocycles. The first-order chi connectivity index (χ1) is 7.83. The molecule has 0 aliphatic rings. The highest BCUT2D eigenvalue weighted by Crippen LogP contribution is 2.25. The molecule has 1 aromatic rings. The van der Waals surface area contributed by atoms with Gasteiger partial charge in [-0.1, -0.05) is 45.4 Å². The third-order valence-electron chi connectivity index (χ3n) is 3.54. The topological polar surface area (TPSA) is 38.0 Å². The molecule has 0 unspecified atom stereocenters. The van der Waals surface area contributed by atoms with Crippen molar-refractivity contribution >= 4 is 17.3 Å². The van der Waals surface area contributed by atoms with E-state index < -0.39 is 0 Å². The van der Waals surface area contributed by atoms with Crippen molar-refractivity contribution in [2.24, 2.45) is 11.3 Å². The number of rotatable bonds is 5. The van der Waals surface area contributed by atoms with Gasteiger partial charge in [0.2, 0.25) is 0 Å². The number of halogens is 1. The molecule has 1 aromatic carbocycles. The molecular weight excluding hydrogens is 232 g/mol. The fourth-order valence-electron chi connectivity index (χ4n) is 1.41. The van der Waals surface area contributed by atoms with E-state index in [9.17, 15) is 0 Å². The summed E-state index contributed by atoms with van der Waals surface area (Å²) in [4.78, 5) is 0. The molecule has 0 saturated heterocycles. The van der Waals surface area contributed by atoms with Crippen LogP contribution in [-0.4, -0.2) is 6.54 Å². The number of anilines is 1. The Morgan fingerprint density at radius 3 is 2.53 bits per heavy atom. The molecule has 0 heterocycles. The fraction of sp³-hybridized carbons (Fsp3) is 0.571. The molecule has 0 amide bonds. The van der Waals surface area contributed by atoms with Crippen molar-refractivity contribution in [3.63, 3.8) is 0 Å². The van der Waals surface area contributed by atoms with E-state index in [1.165, 1.54) is 5.56 Å². The van der Waals surface area contributed by atoms with E-state index in [0.29, 0.717) is 22.0 Å². The zero-order valence-electron chi connectivity index (χ0n) is 11.2. The van der Waals surface area contributed by atoms with Gasteiger partial charge in [-0.15, -0.1) is 0 Å². The summed E-state index contributed by atoms with van der Waals surface area (Å²) >= 11 is 5.98. The van der Waals surface area contributed by atoms with Gasteiger partial charge in [0.15, 0.2) is 0 Å². The smallest absolute Gasteiger partial charge is 0.0638 e. The van der Waals surface area contributed by atoms with Crippen molar-refractivity contribution in [3.05, 3.63) is 28.8 Å². The summed E-state index contributed by atoms with van der Waals surface area (Å²) in [5, 5.41) is 4.10. The maximum absolute atomic E-state index is 5.98. The summed E-state index contributed by atoms with van der Waals surface area (Å²) < 4.78 is 0. The lowest BCUT2D eigenvalue weighted by Crippen LogP contribution is -2.33. The van der Waals surface area contributed by atoms with Gasteiger partial charge in [-0.05, 0) is 29.0 Å². The van der Waals surface area contributed by atoms with E-state index in [1.807, 2.05) is 18.2 Å². The lowest BCUT2D eigenvalue weighted by molar-refractivity contribution is 0.238. The van der Waals surface area contributed by atoms with Crippen molar-refractivity contribution in [2.45, 2.75) is 34.2 Å². The van der Waals surface area contributed by atoms with E-state index in [2.05, 4.69) is 33.0 Å². The SMILES string of the molecule is CC(C)C(C)(C)CNCc1ccc(N)c(Cl)c1. The molecule has 0 spiro atoms. The molecule has 0 bridgehead atoms. The highest BCUT2D eigenvalue weighted by atomic mass is 35.5. The van der Waals surface area contributed by atoms with Crippen LogP contribution in [0.1, 0.15) is 33.3 Å². The first-order valence-corrected chi connectivity index (χ1v) is 6.45. The molecule has 2 nitrogen and oxygen atoms in total. The Morgan fingerprint density at radius 2 is 2.00 bits per heavy atom. The average Bonchev–Trinajstić information content (AvgIpc) is 2.23. The second-order valence-corrected chi connectivity index (χ2v) is 6.01. The zero-order chi connectivity index (χ0) is 13.1. The Kier molecular flexibility index (Phi) is 4.84. The van der Waals surface area contributed by atoms with E-state index in [-0.39, 0.29) is 0 Å². The molecule has 96 valence electrons. The van der Waals surface area contributed by atoms with Crippen LogP contribution in [-0.2, 0) is 6.54 Å². The number of hydrogen-bond acceptors (Lipinski definition) is 2. The fourth-order valence-corrected chi connectivity index (χ4v) is 1.62. The average molecular weight is 255 g/mol. The molecule has 0 aromatic heterocycles. The maximum atomic E-state index is 5.98. The lowest BCUT2D eigenvalue weighted by atomic mass is 9.81. The molecule has 17 heavy (non-hydrogen) atoms. The van der Waals surface area contributed by atoms with E-state index in [0.717, 1.165) is 13.1 Å². The van der Waals surface area contributed by atoms with Crippen molar-refractivity contribution in [3.8, 4) is 0 Å². The van der Waals surface area contributed by atoms with Crippen LogP contribution in [0.3, 0.4) is 0 Å². The number of benzene rings is 1. The maximum Gasteiger partial charge on any atom is 0.0638 e. The van der Waals surface area contributed by atoms with E-state index in [4.69, 9.17) is 17.3 Å². The molecule has 0 aliphatic carbocycles. The van der Waals surface area contributed by atoms with Gasteiger partial charge in [0.1, 0.15) is 0 Å². The molecule has 3 N–H and O–H groups in total. The van der Waals surface area contributed by atoms with Gasteiger partial charge in [-0.3, -0.25) is 0 Å². The van der Waals surface area contributed by atoms with Crippen molar-refractivity contribution < 1.29 is 0 Å².